The van der Waals surface area contributed by atoms with Gasteiger partial charge >= 0.3 is 5.51 Å². The molecule has 17 heavy (non-hydrogen) atoms. The van der Waals surface area contributed by atoms with Gasteiger partial charge in [-0.25, -0.2) is 0 Å². The predicted molar refractivity (Wildman–Crippen MR) is 67.7 cm³/mol. The monoisotopic (exact) mass is 329 g/mol. The van der Waals surface area contributed by atoms with Crippen molar-refractivity contribution in [2.45, 2.75) is 5.51 Å². The zero-order valence-corrected chi connectivity index (χ0v) is 11.4. The summed E-state index contributed by atoms with van der Waals surface area (Å²) in [6.45, 7) is 0.219. The van der Waals surface area contributed by atoms with E-state index in [1.54, 1.807) is 18.2 Å². The lowest BCUT2D eigenvalue weighted by Crippen LogP contribution is -2.10. The van der Waals surface area contributed by atoms with Crippen molar-refractivity contribution in [1.82, 2.24) is 0 Å². The summed E-state index contributed by atoms with van der Waals surface area (Å²) in [6.07, 6.45) is 0. The highest BCUT2D eigenvalue weighted by Crippen LogP contribution is 2.31. The van der Waals surface area contributed by atoms with Crippen LogP contribution in [0, 0.1) is 0 Å². The van der Waals surface area contributed by atoms with E-state index in [1.165, 1.54) is 7.11 Å². The maximum absolute atomic E-state index is 11.9. The first-order chi connectivity index (χ1) is 7.92. The molecule has 0 heterocycles. The van der Waals surface area contributed by atoms with Gasteiger partial charge in [0.15, 0.2) is 0 Å². The minimum Gasteiger partial charge on any atom is -0.495 e. The van der Waals surface area contributed by atoms with Crippen molar-refractivity contribution >= 4 is 33.4 Å². The number of benzene rings is 1. The third-order valence-electron chi connectivity index (χ3n) is 1.84. The fraction of sp³-hybridized carbons (Fsp3) is 0.400. The average Bonchev–Trinajstić information content (AvgIpc) is 2.23. The molecule has 0 saturated heterocycles. The van der Waals surface area contributed by atoms with E-state index in [-0.39, 0.29) is 24.1 Å². The van der Waals surface area contributed by atoms with Crippen molar-refractivity contribution in [3.8, 4) is 5.75 Å². The molecule has 0 aliphatic heterocycles. The number of halogens is 4. The van der Waals surface area contributed by atoms with E-state index in [0.717, 1.165) is 4.47 Å². The quantitative estimate of drug-likeness (QED) is 0.821. The molecular formula is C10H11BrF3NOS. The Hall–Kier alpha value is -0.560. The minimum absolute atomic E-state index is 0.0425. The van der Waals surface area contributed by atoms with Crippen molar-refractivity contribution in [1.29, 1.82) is 0 Å². The van der Waals surface area contributed by atoms with E-state index in [4.69, 9.17) is 4.74 Å². The van der Waals surface area contributed by atoms with Gasteiger partial charge in [0.2, 0.25) is 0 Å². The van der Waals surface area contributed by atoms with Gasteiger partial charge in [-0.05, 0) is 30.0 Å². The Kier molecular flexibility index (Phi) is 5.45. The fourth-order valence-electron chi connectivity index (χ4n) is 1.17. The van der Waals surface area contributed by atoms with Crippen molar-refractivity contribution in [3.05, 3.63) is 22.7 Å². The molecule has 0 bridgehead atoms. The molecule has 0 aromatic heterocycles. The molecule has 1 N–H and O–H groups in total. The number of alkyl halides is 3. The lowest BCUT2D eigenvalue weighted by molar-refractivity contribution is -0.0327. The van der Waals surface area contributed by atoms with E-state index >= 15 is 0 Å². The summed E-state index contributed by atoms with van der Waals surface area (Å²) in [7, 11) is 1.51. The average molecular weight is 330 g/mol. The molecule has 0 spiro atoms. The van der Waals surface area contributed by atoms with Crippen LogP contribution in [-0.4, -0.2) is 24.9 Å². The SMILES string of the molecule is COc1ccc(Br)cc1NCCSC(F)(F)F. The van der Waals surface area contributed by atoms with Crippen molar-refractivity contribution in [2.24, 2.45) is 0 Å². The maximum Gasteiger partial charge on any atom is 0.441 e. The second-order valence-corrected chi connectivity index (χ2v) is 5.14. The van der Waals surface area contributed by atoms with E-state index in [2.05, 4.69) is 21.2 Å². The molecule has 0 amide bonds. The standard InChI is InChI=1S/C10H11BrF3NOS/c1-16-9-3-2-7(11)6-8(9)15-4-5-17-10(12,13)14/h2-3,6,15H,4-5H2,1H3. The Balaban J connectivity index is 2.48. The van der Waals surface area contributed by atoms with Gasteiger partial charge < -0.3 is 10.1 Å². The van der Waals surface area contributed by atoms with Crippen LogP contribution in [0.4, 0.5) is 18.9 Å². The fourth-order valence-corrected chi connectivity index (χ4v) is 1.97. The summed E-state index contributed by atoms with van der Waals surface area (Å²) in [5, 5.41) is 2.90. The van der Waals surface area contributed by atoms with E-state index in [1.807, 2.05) is 0 Å². The van der Waals surface area contributed by atoms with Crippen LogP contribution in [0.25, 0.3) is 0 Å². The van der Waals surface area contributed by atoms with Crippen LogP contribution in [0.3, 0.4) is 0 Å². The first-order valence-electron chi connectivity index (χ1n) is 4.70. The van der Waals surface area contributed by atoms with Crippen LogP contribution in [0.1, 0.15) is 0 Å². The smallest absolute Gasteiger partial charge is 0.441 e. The van der Waals surface area contributed by atoms with Gasteiger partial charge in [0.25, 0.3) is 0 Å². The van der Waals surface area contributed by atoms with Gasteiger partial charge in [-0.1, -0.05) is 15.9 Å². The molecule has 0 atom stereocenters. The summed E-state index contributed by atoms with van der Waals surface area (Å²) < 4.78 is 41.6. The zero-order valence-electron chi connectivity index (χ0n) is 8.97. The molecule has 0 unspecified atom stereocenters. The molecule has 2 nitrogen and oxygen atoms in total. The van der Waals surface area contributed by atoms with Crippen molar-refractivity contribution in [2.75, 3.05) is 24.7 Å². The van der Waals surface area contributed by atoms with E-state index in [9.17, 15) is 13.2 Å². The number of hydrogen-bond donors (Lipinski definition) is 1. The van der Waals surface area contributed by atoms with Gasteiger partial charge in [0, 0.05) is 16.8 Å². The number of thioether (sulfide) groups is 1. The normalized spacial score (nSPS) is 11.4. The molecule has 1 aromatic rings. The second-order valence-electron chi connectivity index (χ2n) is 3.07. The molecule has 0 aliphatic rings. The van der Waals surface area contributed by atoms with Crippen molar-refractivity contribution in [3.63, 3.8) is 0 Å². The number of nitrogens with one attached hydrogen (secondary N) is 1. The molecule has 1 rings (SSSR count). The molecule has 0 saturated carbocycles. The molecule has 0 aliphatic carbocycles. The highest BCUT2D eigenvalue weighted by atomic mass is 79.9. The van der Waals surface area contributed by atoms with Gasteiger partial charge in [0.1, 0.15) is 5.75 Å². The minimum atomic E-state index is -4.18. The topological polar surface area (TPSA) is 21.3 Å². The van der Waals surface area contributed by atoms with Gasteiger partial charge in [0.05, 0.1) is 12.8 Å². The summed E-state index contributed by atoms with van der Waals surface area (Å²) in [4.78, 5) is 0. The molecule has 1 aromatic carbocycles. The number of methoxy groups -OCH3 is 1. The van der Waals surface area contributed by atoms with Crippen LogP contribution in [0.5, 0.6) is 5.75 Å². The lowest BCUT2D eigenvalue weighted by atomic mass is 10.3. The van der Waals surface area contributed by atoms with Crippen molar-refractivity contribution < 1.29 is 17.9 Å². The van der Waals surface area contributed by atoms with Crippen LogP contribution in [0.2, 0.25) is 0 Å². The lowest BCUT2D eigenvalue weighted by Gasteiger charge is -2.12. The molecular weight excluding hydrogens is 319 g/mol. The third-order valence-corrected chi connectivity index (χ3v) is 3.07. The number of anilines is 1. The van der Waals surface area contributed by atoms with Crippen LogP contribution in [-0.2, 0) is 0 Å². The second kappa shape index (κ2) is 6.39. The first-order valence-corrected chi connectivity index (χ1v) is 6.48. The van der Waals surface area contributed by atoms with Gasteiger partial charge in [-0.2, -0.15) is 13.2 Å². The Morgan fingerprint density at radius 3 is 2.71 bits per heavy atom. The Morgan fingerprint density at radius 1 is 1.41 bits per heavy atom. The predicted octanol–water partition coefficient (Wildman–Crippen LogP) is 4.12. The molecule has 0 radical (unpaired) electrons. The molecule has 0 fully saturated rings. The number of hydrogen-bond acceptors (Lipinski definition) is 3. The highest BCUT2D eigenvalue weighted by Gasteiger charge is 2.27. The summed E-state index contributed by atoms with van der Waals surface area (Å²) >= 11 is 3.24. The van der Waals surface area contributed by atoms with Crippen LogP contribution in [0.15, 0.2) is 22.7 Å². The molecule has 96 valence electrons. The molecule has 7 heteroatoms. The third kappa shape index (κ3) is 5.54. The summed E-state index contributed by atoms with van der Waals surface area (Å²) in [5.74, 6) is 0.560. The Bertz CT molecular complexity index is 373. The Morgan fingerprint density at radius 2 is 2.12 bits per heavy atom. The largest absolute Gasteiger partial charge is 0.495 e. The first kappa shape index (κ1) is 14.5. The number of rotatable bonds is 5. The summed E-state index contributed by atoms with van der Waals surface area (Å²) in [6, 6.07) is 5.30. The highest BCUT2D eigenvalue weighted by molar-refractivity contribution is 9.10. The van der Waals surface area contributed by atoms with E-state index < -0.39 is 5.51 Å². The van der Waals surface area contributed by atoms with Crippen LogP contribution < -0.4 is 10.1 Å². The van der Waals surface area contributed by atoms with Gasteiger partial charge in [-0.15, -0.1) is 0 Å². The number of ether oxygens (including phenoxy) is 1. The summed E-state index contributed by atoms with van der Waals surface area (Å²) in [5.41, 5.74) is -3.51. The van der Waals surface area contributed by atoms with Gasteiger partial charge in [-0.3, -0.25) is 0 Å². The van der Waals surface area contributed by atoms with Crippen LogP contribution >= 0.6 is 27.7 Å². The Labute approximate surface area is 110 Å². The van der Waals surface area contributed by atoms with E-state index in [0.29, 0.717) is 11.4 Å². The maximum atomic E-state index is 11.9. The zero-order chi connectivity index (χ0) is 12.9.